The average Bonchev–Trinajstić information content (AvgIpc) is 2.64. The molecule has 4 heteroatoms. The highest BCUT2D eigenvalue weighted by Crippen LogP contribution is 2.55. The molecule has 4 nitrogen and oxygen atoms in total. The van der Waals surface area contributed by atoms with E-state index in [1.165, 1.54) is 0 Å². The van der Waals surface area contributed by atoms with E-state index < -0.39 is 12.2 Å². The Morgan fingerprint density at radius 1 is 1.31 bits per heavy atom. The van der Waals surface area contributed by atoms with Crippen molar-refractivity contribution in [1.29, 1.82) is 0 Å². The van der Waals surface area contributed by atoms with Gasteiger partial charge in [-0.05, 0) is 6.42 Å². The van der Waals surface area contributed by atoms with E-state index in [4.69, 9.17) is 4.74 Å². The van der Waals surface area contributed by atoms with Gasteiger partial charge in [-0.2, -0.15) is 0 Å². The van der Waals surface area contributed by atoms with Crippen LogP contribution in [0, 0.1) is 23.7 Å². The summed E-state index contributed by atoms with van der Waals surface area (Å²) >= 11 is 0. The summed E-state index contributed by atoms with van der Waals surface area (Å²) in [4.78, 5) is 11.3. The number of carbonyl (C=O) groups is 1. The third-order valence-corrected chi connectivity index (χ3v) is 3.90. The number of cyclic esters (lactones) is 1. The maximum atomic E-state index is 11.3. The number of hydrogen-bond donors (Lipinski definition) is 2. The lowest BCUT2D eigenvalue weighted by atomic mass is 9.80. The minimum Gasteiger partial charge on any atom is -0.465 e. The monoisotopic (exact) mass is 184 g/mol. The van der Waals surface area contributed by atoms with Gasteiger partial charge in [0.15, 0.2) is 0 Å². The van der Waals surface area contributed by atoms with Crippen LogP contribution in [0.1, 0.15) is 6.42 Å². The number of aliphatic hydroxyl groups excluding tert-OH is 2. The number of ether oxygens (including phenoxy) is 1. The molecule has 0 radical (unpaired) electrons. The van der Waals surface area contributed by atoms with Gasteiger partial charge < -0.3 is 14.9 Å². The topological polar surface area (TPSA) is 66.8 Å². The molecule has 0 amide bonds. The van der Waals surface area contributed by atoms with E-state index in [2.05, 4.69) is 0 Å². The van der Waals surface area contributed by atoms with Gasteiger partial charge in [-0.25, -0.2) is 0 Å². The van der Waals surface area contributed by atoms with Crippen LogP contribution in [-0.4, -0.2) is 35.0 Å². The summed E-state index contributed by atoms with van der Waals surface area (Å²) in [5.41, 5.74) is 0. The quantitative estimate of drug-likeness (QED) is 0.481. The molecule has 3 aliphatic rings. The van der Waals surface area contributed by atoms with E-state index in [0.717, 1.165) is 0 Å². The van der Waals surface area contributed by atoms with Gasteiger partial charge in [-0.1, -0.05) is 0 Å². The van der Waals surface area contributed by atoms with E-state index in [9.17, 15) is 15.0 Å². The number of rotatable bonds is 0. The summed E-state index contributed by atoms with van der Waals surface area (Å²) in [6.07, 6.45) is -0.365. The van der Waals surface area contributed by atoms with Gasteiger partial charge in [-0.3, -0.25) is 4.79 Å². The number of hydrogen-bond acceptors (Lipinski definition) is 4. The fourth-order valence-corrected chi connectivity index (χ4v) is 3.38. The molecule has 0 aromatic rings. The summed E-state index contributed by atoms with van der Waals surface area (Å²) in [6.45, 7) is 0.388. The number of esters is 1. The van der Waals surface area contributed by atoms with Crippen LogP contribution in [0.5, 0.6) is 0 Å². The maximum Gasteiger partial charge on any atom is 0.309 e. The molecule has 1 saturated heterocycles. The van der Waals surface area contributed by atoms with Crippen LogP contribution in [0.4, 0.5) is 0 Å². The van der Waals surface area contributed by atoms with Crippen molar-refractivity contribution < 1.29 is 19.7 Å². The Kier molecular flexibility index (Phi) is 1.34. The van der Waals surface area contributed by atoms with Crippen LogP contribution < -0.4 is 0 Å². The SMILES string of the molecule is O=C1OC[C@H]2[C@H]1[C@H]1C[C@@H](O)[C@H]2[C@H]1O. The fourth-order valence-electron chi connectivity index (χ4n) is 3.38. The zero-order valence-corrected chi connectivity index (χ0v) is 7.09. The Balaban J connectivity index is 1.98. The molecule has 2 bridgehead atoms. The first-order valence-corrected chi connectivity index (χ1v) is 4.73. The number of fused-ring (bicyclic) bond motifs is 5. The van der Waals surface area contributed by atoms with Crippen molar-refractivity contribution in [3.05, 3.63) is 0 Å². The van der Waals surface area contributed by atoms with Crippen LogP contribution in [-0.2, 0) is 9.53 Å². The predicted octanol–water partition coefficient (Wildman–Crippen LogP) is -0.853. The number of carbonyl (C=O) groups excluding carboxylic acids is 1. The summed E-state index contributed by atoms with van der Waals surface area (Å²) in [7, 11) is 0. The minimum absolute atomic E-state index is 0.0556. The first-order valence-electron chi connectivity index (χ1n) is 4.73. The Labute approximate surface area is 75.5 Å². The van der Waals surface area contributed by atoms with Crippen molar-refractivity contribution in [2.24, 2.45) is 23.7 Å². The summed E-state index contributed by atoms with van der Waals surface area (Å²) in [5, 5.41) is 19.4. The molecule has 2 aliphatic carbocycles. The maximum absolute atomic E-state index is 11.3. The Morgan fingerprint density at radius 2 is 2.08 bits per heavy atom. The molecule has 2 saturated carbocycles. The second-order valence-electron chi connectivity index (χ2n) is 4.35. The zero-order chi connectivity index (χ0) is 9.16. The van der Waals surface area contributed by atoms with Crippen molar-refractivity contribution in [1.82, 2.24) is 0 Å². The van der Waals surface area contributed by atoms with Crippen molar-refractivity contribution in [3.8, 4) is 0 Å². The van der Waals surface area contributed by atoms with Crippen LogP contribution in [0.2, 0.25) is 0 Å². The van der Waals surface area contributed by atoms with Crippen LogP contribution >= 0.6 is 0 Å². The van der Waals surface area contributed by atoms with Gasteiger partial charge >= 0.3 is 5.97 Å². The van der Waals surface area contributed by atoms with Gasteiger partial charge in [0.2, 0.25) is 0 Å². The molecule has 0 spiro atoms. The molecular weight excluding hydrogens is 172 g/mol. The molecule has 2 N–H and O–H groups in total. The van der Waals surface area contributed by atoms with Gasteiger partial charge in [0.05, 0.1) is 24.7 Å². The molecular formula is C9H12O4. The van der Waals surface area contributed by atoms with Crippen molar-refractivity contribution in [2.75, 3.05) is 6.61 Å². The smallest absolute Gasteiger partial charge is 0.309 e. The van der Waals surface area contributed by atoms with Gasteiger partial charge in [-0.15, -0.1) is 0 Å². The lowest BCUT2D eigenvalue weighted by Crippen LogP contribution is -2.31. The van der Waals surface area contributed by atoms with Gasteiger partial charge in [0, 0.05) is 17.8 Å². The highest BCUT2D eigenvalue weighted by Gasteiger charge is 2.63. The standard InChI is InChI=1S/C9H12O4/c10-5-1-3-6-4(2-13-9(6)12)7(5)8(3)11/h3-8,10-11H,1-2H2/t3-,4+,5-,6-,7+,8+/m1/s1. The summed E-state index contributed by atoms with van der Waals surface area (Å²) in [5.74, 6) is -0.426. The third-order valence-electron chi connectivity index (χ3n) is 3.90. The van der Waals surface area contributed by atoms with E-state index in [-0.39, 0.29) is 29.6 Å². The first kappa shape index (κ1) is 7.76. The normalized spacial score (nSPS) is 58.2. The molecule has 1 aliphatic heterocycles. The Hall–Kier alpha value is -0.610. The average molecular weight is 184 g/mol. The second kappa shape index (κ2) is 2.25. The van der Waals surface area contributed by atoms with Crippen LogP contribution in [0.15, 0.2) is 0 Å². The van der Waals surface area contributed by atoms with E-state index >= 15 is 0 Å². The lowest BCUT2D eigenvalue weighted by Gasteiger charge is -2.23. The van der Waals surface area contributed by atoms with E-state index in [0.29, 0.717) is 13.0 Å². The highest BCUT2D eigenvalue weighted by atomic mass is 16.5. The molecule has 0 aromatic heterocycles. The van der Waals surface area contributed by atoms with Gasteiger partial charge in [0.1, 0.15) is 0 Å². The van der Waals surface area contributed by atoms with Crippen molar-refractivity contribution in [2.45, 2.75) is 18.6 Å². The fraction of sp³-hybridized carbons (Fsp3) is 0.889. The largest absolute Gasteiger partial charge is 0.465 e. The highest BCUT2D eigenvalue weighted by molar-refractivity contribution is 5.76. The third kappa shape index (κ3) is 0.758. The van der Waals surface area contributed by atoms with E-state index in [1.807, 2.05) is 0 Å². The lowest BCUT2D eigenvalue weighted by molar-refractivity contribution is -0.143. The van der Waals surface area contributed by atoms with Crippen LogP contribution in [0.25, 0.3) is 0 Å². The Bertz CT molecular complexity index is 262. The molecule has 3 fully saturated rings. The molecule has 0 aromatic carbocycles. The van der Waals surface area contributed by atoms with Crippen LogP contribution in [0.3, 0.4) is 0 Å². The molecule has 1 heterocycles. The first-order chi connectivity index (χ1) is 6.20. The summed E-state index contributed by atoms with van der Waals surface area (Å²) < 4.78 is 4.94. The molecule has 3 rings (SSSR count). The van der Waals surface area contributed by atoms with Crippen molar-refractivity contribution >= 4 is 5.97 Å². The number of aliphatic hydroxyl groups is 2. The molecule has 6 atom stereocenters. The molecule has 13 heavy (non-hydrogen) atoms. The Morgan fingerprint density at radius 3 is 2.85 bits per heavy atom. The van der Waals surface area contributed by atoms with Gasteiger partial charge in [0.25, 0.3) is 0 Å². The molecule has 0 unspecified atom stereocenters. The molecule has 72 valence electrons. The predicted molar refractivity (Wildman–Crippen MR) is 41.5 cm³/mol. The zero-order valence-electron chi connectivity index (χ0n) is 7.09. The summed E-state index contributed by atoms with van der Waals surface area (Å²) in [6, 6.07) is 0. The van der Waals surface area contributed by atoms with Crippen molar-refractivity contribution in [3.63, 3.8) is 0 Å². The van der Waals surface area contributed by atoms with E-state index in [1.54, 1.807) is 0 Å². The second-order valence-corrected chi connectivity index (χ2v) is 4.35. The minimum atomic E-state index is -0.488.